The Balaban J connectivity index is 1.42. The standard InChI is InChI=1S/C22H24N4O5S/c1-32(29,30)17-2-3-18-13(8-17)4-5-26(18)19-9-20(25-12-24-19)31-21-15-6-14(22(27)28)7-16(21)11-23-10-15/h2-5,8-9,12,14-16,21,23H,6-7,10-11H2,1H3,(H,27,28)/t14?,15-,16+,21?. The Morgan fingerprint density at radius 1 is 1.16 bits per heavy atom. The maximum atomic E-state index is 11.8. The molecule has 1 aromatic carbocycles. The summed E-state index contributed by atoms with van der Waals surface area (Å²) in [6.07, 6.45) is 5.55. The highest BCUT2D eigenvalue weighted by Crippen LogP contribution is 2.38. The second-order valence-electron chi connectivity index (χ2n) is 8.66. The highest BCUT2D eigenvalue weighted by molar-refractivity contribution is 7.90. The van der Waals surface area contributed by atoms with Crippen LogP contribution in [-0.4, -0.2) is 59.5 Å². The van der Waals surface area contributed by atoms with Crippen LogP contribution in [0.2, 0.25) is 0 Å². The van der Waals surface area contributed by atoms with Crippen LogP contribution in [0.3, 0.4) is 0 Å². The van der Waals surface area contributed by atoms with Crippen molar-refractivity contribution in [3.63, 3.8) is 0 Å². The molecule has 4 atom stereocenters. The Hall–Kier alpha value is -2.98. The molecule has 0 spiro atoms. The van der Waals surface area contributed by atoms with Gasteiger partial charge in [-0.1, -0.05) is 0 Å². The van der Waals surface area contributed by atoms with Crippen LogP contribution in [0.15, 0.2) is 47.8 Å². The van der Waals surface area contributed by atoms with Gasteiger partial charge in [-0.25, -0.2) is 18.4 Å². The van der Waals surface area contributed by atoms with Gasteiger partial charge in [-0.15, -0.1) is 0 Å². The quantitative estimate of drug-likeness (QED) is 0.597. The summed E-state index contributed by atoms with van der Waals surface area (Å²) in [5.41, 5.74) is 0.824. The van der Waals surface area contributed by atoms with E-state index in [0.29, 0.717) is 24.5 Å². The number of hydrogen-bond acceptors (Lipinski definition) is 7. The van der Waals surface area contributed by atoms with Crippen LogP contribution in [0, 0.1) is 17.8 Å². The monoisotopic (exact) mass is 456 g/mol. The van der Waals surface area contributed by atoms with Crippen molar-refractivity contribution < 1.29 is 23.1 Å². The molecule has 10 heteroatoms. The number of rotatable bonds is 5. The third kappa shape index (κ3) is 3.84. The van der Waals surface area contributed by atoms with Crippen molar-refractivity contribution in [1.29, 1.82) is 0 Å². The van der Waals surface area contributed by atoms with Crippen LogP contribution in [0.1, 0.15) is 12.8 Å². The van der Waals surface area contributed by atoms with Crippen molar-refractivity contribution in [1.82, 2.24) is 19.9 Å². The Labute approximate surface area is 185 Å². The van der Waals surface area contributed by atoms with Crippen LogP contribution < -0.4 is 10.1 Å². The van der Waals surface area contributed by atoms with E-state index < -0.39 is 15.8 Å². The summed E-state index contributed by atoms with van der Waals surface area (Å²) in [7, 11) is -3.29. The van der Waals surface area contributed by atoms with Crippen molar-refractivity contribution in [2.45, 2.75) is 23.8 Å². The lowest BCUT2D eigenvalue weighted by molar-refractivity contribution is -0.146. The predicted molar refractivity (Wildman–Crippen MR) is 117 cm³/mol. The number of nitrogens with one attached hydrogen (secondary N) is 1. The number of aromatic nitrogens is 3. The molecule has 2 bridgehead atoms. The van der Waals surface area contributed by atoms with Gasteiger partial charge in [-0.05, 0) is 37.1 Å². The zero-order valence-corrected chi connectivity index (χ0v) is 18.3. The fraction of sp³-hybridized carbons (Fsp3) is 0.409. The lowest BCUT2D eigenvalue weighted by Gasteiger charge is -2.44. The van der Waals surface area contributed by atoms with E-state index in [9.17, 15) is 18.3 Å². The minimum absolute atomic E-state index is 0.0895. The molecule has 0 amide bonds. The van der Waals surface area contributed by atoms with E-state index in [-0.39, 0.29) is 28.8 Å². The SMILES string of the molecule is CS(=O)(=O)c1ccc2c(ccn2-c2cc(OC3[C@@H]4CNC[C@H]3CC(C(=O)O)C4)ncn2)c1. The largest absolute Gasteiger partial charge is 0.481 e. The van der Waals surface area contributed by atoms with Crippen LogP contribution >= 0.6 is 0 Å². The average Bonchev–Trinajstić information content (AvgIpc) is 3.16. The summed E-state index contributed by atoms with van der Waals surface area (Å²) in [5.74, 6) is 0.228. The van der Waals surface area contributed by atoms with Gasteiger partial charge < -0.3 is 19.7 Å². The molecule has 1 saturated heterocycles. The van der Waals surface area contributed by atoms with E-state index in [2.05, 4.69) is 15.3 Å². The summed E-state index contributed by atoms with van der Waals surface area (Å²) >= 11 is 0. The Morgan fingerprint density at radius 2 is 1.91 bits per heavy atom. The van der Waals surface area contributed by atoms with E-state index in [1.54, 1.807) is 24.3 Å². The lowest BCUT2D eigenvalue weighted by Crippen LogP contribution is -2.54. The van der Waals surface area contributed by atoms with Gasteiger partial charge in [0.05, 0.1) is 16.3 Å². The number of benzene rings is 1. The first-order valence-corrected chi connectivity index (χ1v) is 12.4. The van der Waals surface area contributed by atoms with E-state index in [0.717, 1.165) is 24.0 Å². The van der Waals surface area contributed by atoms with Crippen LogP contribution in [0.4, 0.5) is 0 Å². The molecule has 32 heavy (non-hydrogen) atoms. The van der Waals surface area contributed by atoms with Gasteiger partial charge in [0, 0.05) is 48.8 Å². The number of carbonyl (C=O) groups is 1. The first kappa shape index (κ1) is 20.9. The zero-order chi connectivity index (χ0) is 22.5. The molecule has 0 radical (unpaired) electrons. The number of carboxylic acid groups (broad SMARTS) is 1. The second-order valence-corrected chi connectivity index (χ2v) is 10.7. The van der Waals surface area contributed by atoms with Gasteiger partial charge >= 0.3 is 5.97 Å². The number of aliphatic carboxylic acids is 1. The molecule has 1 aliphatic carbocycles. The molecule has 2 aromatic heterocycles. The summed E-state index contributed by atoms with van der Waals surface area (Å²) in [5, 5.41) is 13.6. The Morgan fingerprint density at radius 3 is 2.59 bits per heavy atom. The van der Waals surface area contributed by atoms with E-state index in [4.69, 9.17) is 4.74 Å². The molecular weight excluding hydrogens is 432 g/mol. The molecule has 168 valence electrons. The third-order valence-electron chi connectivity index (χ3n) is 6.49. The van der Waals surface area contributed by atoms with Crippen molar-refractivity contribution in [2.24, 2.45) is 17.8 Å². The first-order valence-electron chi connectivity index (χ1n) is 10.5. The molecule has 2 unspecified atom stereocenters. The first-order chi connectivity index (χ1) is 15.3. The number of fused-ring (bicyclic) bond motifs is 3. The molecule has 1 saturated carbocycles. The molecule has 5 rings (SSSR count). The van der Waals surface area contributed by atoms with Gasteiger partial charge in [-0.2, -0.15) is 0 Å². The number of sulfone groups is 1. The zero-order valence-electron chi connectivity index (χ0n) is 17.5. The van der Waals surface area contributed by atoms with Crippen molar-refractivity contribution in [2.75, 3.05) is 19.3 Å². The molecule has 3 aromatic rings. The van der Waals surface area contributed by atoms with E-state index in [1.807, 2.05) is 16.8 Å². The van der Waals surface area contributed by atoms with Gasteiger partial charge in [0.15, 0.2) is 9.84 Å². The molecule has 2 fully saturated rings. The normalized spacial score (nSPS) is 25.5. The Kier molecular flexibility index (Phi) is 5.13. The van der Waals surface area contributed by atoms with Crippen molar-refractivity contribution in [3.05, 3.63) is 42.9 Å². The number of piperidine rings is 1. The summed E-state index contributed by atoms with van der Waals surface area (Å²) < 4.78 is 31.8. The summed E-state index contributed by atoms with van der Waals surface area (Å²) in [4.78, 5) is 20.4. The summed E-state index contributed by atoms with van der Waals surface area (Å²) in [6, 6.07) is 8.60. The van der Waals surface area contributed by atoms with Crippen LogP contribution in [-0.2, 0) is 14.6 Å². The molecular formula is C22H24N4O5S. The molecule has 2 N–H and O–H groups in total. The predicted octanol–water partition coefficient (Wildman–Crippen LogP) is 1.90. The smallest absolute Gasteiger partial charge is 0.306 e. The molecule has 3 heterocycles. The molecule has 9 nitrogen and oxygen atoms in total. The second kappa shape index (κ2) is 7.86. The molecule has 1 aliphatic heterocycles. The Bertz CT molecular complexity index is 1270. The van der Waals surface area contributed by atoms with Crippen LogP contribution in [0.5, 0.6) is 5.88 Å². The highest BCUT2D eigenvalue weighted by atomic mass is 32.2. The minimum atomic E-state index is -3.29. The third-order valence-corrected chi connectivity index (χ3v) is 7.60. The minimum Gasteiger partial charge on any atom is -0.481 e. The van der Waals surface area contributed by atoms with Crippen molar-refractivity contribution >= 4 is 26.7 Å². The lowest BCUT2D eigenvalue weighted by atomic mass is 9.71. The fourth-order valence-electron chi connectivity index (χ4n) is 4.94. The van der Waals surface area contributed by atoms with E-state index in [1.165, 1.54) is 12.6 Å². The van der Waals surface area contributed by atoms with Gasteiger partial charge in [0.2, 0.25) is 5.88 Å². The average molecular weight is 457 g/mol. The van der Waals surface area contributed by atoms with Gasteiger partial charge in [-0.3, -0.25) is 4.79 Å². The van der Waals surface area contributed by atoms with Crippen LogP contribution in [0.25, 0.3) is 16.7 Å². The van der Waals surface area contributed by atoms with Crippen molar-refractivity contribution in [3.8, 4) is 11.7 Å². The fourth-order valence-corrected chi connectivity index (χ4v) is 5.60. The van der Waals surface area contributed by atoms with E-state index >= 15 is 0 Å². The summed E-state index contributed by atoms with van der Waals surface area (Å²) in [6.45, 7) is 1.46. The number of nitrogens with zero attached hydrogens (tertiary/aromatic N) is 3. The van der Waals surface area contributed by atoms with Gasteiger partial charge in [0.25, 0.3) is 0 Å². The van der Waals surface area contributed by atoms with Gasteiger partial charge in [0.1, 0.15) is 18.2 Å². The maximum absolute atomic E-state index is 11.8. The molecule has 2 aliphatic rings. The maximum Gasteiger partial charge on any atom is 0.306 e. The number of hydrogen-bond donors (Lipinski definition) is 2. The highest BCUT2D eigenvalue weighted by Gasteiger charge is 2.44. The number of ether oxygens (including phenoxy) is 1. The number of carboxylic acids is 1. The topological polar surface area (TPSA) is 123 Å².